The Hall–Kier alpha value is -0.610. The normalized spacial score (nSPS) is 20.5. The summed E-state index contributed by atoms with van der Waals surface area (Å²) in [6.07, 6.45) is 3.91. The fraction of sp³-hybridized carbons (Fsp3) is 0.909. The van der Waals surface area contributed by atoms with E-state index < -0.39 is 11.0 Å². The van der Waals surface area contributed by atoms with Crippen LogP contribution in [0.1, 0.15) is 39.5 Å². The van der Waals surface area contributed by atoms with Crippen LogP contribution < -0.4 is 11.1 Å². The van der Waals surface area contributed by atoms with Crippen molar-refractivity contribution in [2.75, 3.05) is 13.1 Å². The summed E-state index contributed by atoms with van der Waals surface area (Å²) in [4.78, 5) is 11.0. The molecule has 0 aromatic heterocycles. The fourth-order valence-electron chi connectivity index (χ4n) is 1.90. The van der Waals surface area contributed by atoms with Crippen LogP contribution in [0.3, 0.4) is 0 Å². The number of nitrogens with two attached hydrogens (primary N) is 1. The molecule has 0 radical (unpaired) electrons. The van der Waals surface area contributed by atoms with Crippen LogP contribution in [0.25, 0.3) is 0 Å². The molecule has 1 saturated carbocycles. The molecule has 0 aromatic rings. The number of primary amides is 1. The van der Waals surface area contributed by atoms with Crippen LogP contribution in [0.2, 0.25) is 0 Å². The molecule has 1 amide bonds. The van der Waals surface area contributed by atoms with Gasteiger partial charge in [-0.05, 0) is 26.7 Å². The molecule has 0 spiro atoms. The molecule has 4 heteroatoms. The van der Waals surface area contributed by atoms with Crippen molar-refractivity contribution in [1.82, 2.24) is 5.32 Å². The van der Waals surface area contributed by atoms with E-state index in [1.165, 1.54) is 0 Å². The van der Waals surface area contributed by atoms with Gasteiger partial charge in [0.05, 0.1) is 11.0 Å². The summed E-state index contributed by atoms with van der Waals surface area (Å²) in [5, 5.41) is 13.2. The highest BCUT2D eigenvalue weighted by Crippen LogP contribution is 2.28. The number of hydrogen-bond acceptors (Lipinski definition) is 3. The maximum atomic E-state index is 11.0. The highest BCUT2D eigenvalue weighted by Gasteiger charge is 2.32. The molecule has 0 aliphatic heterocycles. The van der Waals surface area contributed by atoms with Crippen LogP contribution in [-0.4, -0.2) is 29.7 Å². The quantitative estimate of drug-likeness (QED) is 0.620. The monoisotopic (exact) mass is 214 g/mol. The molecule has 1 aliphatic carbocycles. The minimum atomic E-state index is -0.562. The Balaban J connectivity index is 2.29. The number of aliphatic hydroxyl groups is 1. The molecule has 0 aromatic carbocycles. The van der Waals surface area contributed by atoms with Gasteiger partial charge in [0, 0.05) is 13.1 Å². The second-order valence-corrected chi connectivity index (χ2v) is 5.28. The third-order valence-corrected chi connectivity index (χ3v) is 3.22. The first-order valence-electron chi connectivity index (χ1n) is 5.59. The standard InChI is InChI=1S/C11H22N2O2/c1-10(2,9(12)14)7-13-8-11(15)5-3-4-6-11/h13,15H,3-8H2,1-2H3,(H2,12,14). The van der Waals surface area contributed by atoms with Crippen molar-refractivity contribution in [2.24, 2.45) is 11.1 Å². The molecule has 1 aliphatic rings. The molecule has 0 atom stereocenters. The number of rotatable bonds is 5. The van der Waals surface area contributed by atoms with Gasteiger partial charge in [0.15, 0.2) is 0 Å². The number of carbonyl (C=O) groups is 1. The molecule has 1 fully saturated rings. The van der Waals surface area contributed by atoms with Gasteiger partial charge in [-0.3, -0.25) is 4.79 Å². The smallest absolute Gasteiger partial charge is 0.224 e. The van der Waals surface area contributed by atoms with Gasteiger partial charge in [0.25, 0.3) is 0 Å². The van der Waals surface area contributed by atoms with Crippen molar-refractivity contribution in [3.63, 3.8) is 0 Å². The number of amides is 1. The zero-order valence-corrected chi connectivity index (χ0v) is 9.68. The first kappa shape index (κ1) is 12.5. The van der Waals surface area contributed by atoms with Gasteiger partial charge in [0.1, 0.15) is 0 Å². The largest absolute Gasteiger partial charge is 0.389 e. The second-order valence-electron chi connectivity index (χ2n) is 5.28. The summed E-state index contributed by atoms with van der Waals surface area (Å²) in [5.41, 5.74) is 4.15. The summed E-state index contributed by atoms with van der Waals surface area (Å²) < 4.78 is 0. The van der Waals surface area contributed by atoms with Gasteiger partial charge in [-0.2, -0.15) is 0 Å². The maximum Gasteiger partial charge on any atom is 0.224 e. The van der Waals surface area contributed by atoms with Crippen LogP contribution in [-0.2, 0) is 4.79 Å². The summed E-state index contributed by atoms with van der Waals surface area (Å²) in [5.74, 6) is -0.312. The predicted molar refractivity (Wildman–Crippen MR) is 59.3 cm³/mol. The lowest BCUT2D eigenvalue weighted by Gasteiger charge is -2.26. The lowest BCUT2D eigenvalue weighted by molar-refractivity contribution is -0.125. The van der Waals surface area contributed by atoms with Crippen molar-refractivity contribution in [3.8, 4) is 0 Å². The second kappa shape index (κ2) is 4.49. The number of hydrogen-bond donors (Lipinski definition) is 3. The molecule has 0 bridgehead atoms. The highest BCUT2D eigenvalue weighted by atomic mass is 16.3. The van der Waals surface area contributed by atoms with E-state index in [-0.39, 0.29) is 5.91 Å². The molecular formula is C11H22N2O2. The van der Waals surface area contributed by atoms with E-state index in [2.05, 4.69) is 5.32 Å². The molecule has 0 heterocycles. The van der Waals surface area contributed by atoms with Crippen molar-refractivity contribution in [1.29, 1.82) is 0 Å². The SMILES string of the molecule is CC(C)(CNCC1(O)CCCC1)C(N)=O. The molecule has 15 heavy (non-hydrogen) atoms. The molecule has 4 N–H and O–H groups in total. The molecule has 0 unspecified atom stereocenters. The average Bonchev–Trinajstić information content (AvgIpc) is 2.51. The molecular weight excluding hydrogens is 192 g/mol. The van der Waals surface area contributed by atoms with Crippen molar-refractivity contribution in [3.05, 3.63) is 0 Å². The summed E-state index contributed by atoms with van der Waals surface area (Å²) in [6.45, 7) is 4.69. The Morgan fingerprint density at radius 3 is 2.47 bits per heavy atom. The Labute approximate surface area is 91.2 Å². The first-order chi connectivity index (χ1) is 6.86. The Morgan fingerprint density at radius 2 is 2.00 bits per heavy atom. The first-order valence-corrected chi connectivity index (χ1v) is 5.59. The van der Waals surface area contributed by atoms with Crippen LogP contribution in [0.4, 0.5) is 0 Å². The third-order valence-electron chi connectivity index (χ3n) is 3.22. The predicted octanol–water partition coefficient (Wildman–Crippen LogP) is 0.393. The lowest BCUT2D eigenvalue weighted by atomic mass is 9.92. The van der Waals surface area contributed by atoms with E-state index in [4.69, 9.17) is 5.73 Å². The van der Waals surface area contributed by atoms with Crippen molar-refractivity contribution < 1.29 is 9.90 Å². The van der Waals surface area contributed by atoms with E-state index in [0.717, 1.165) is 25.7 Å². The number of nitrogens with one attached hydrogen (secondary N) is 1. The van der Waals surface area contributed by atoms with E-state index in [1.54, 1.807) is 13.8 Å². The zero-order valence-electron chi connectivity index (χ0n) is 9.68. The van der Waals surface area contributed by atoms with Crippen molar-refractivity contribution in [2.45, 2.75) is 45.1 Å². The summed E-state index contributed by atoms with van der Waals surface area (Å²) in [7, 11) is 0. The maximum absolute atomic E-state index is 11.0. The molecule has 88 valence electrons. The van der Waals surface area contributed by atoms with Crippen LogP contribution in [0, 0.1) is 5.41 Å². The van der Waals surface area contributed by atoms with Crippen LogP contribution in [0.5, 0.6) is 0 Å². The zero-order chi connectivity index (χ0) is 11.5. The van der Waals surface area contributed by atoms with Gasteiger partial charge in [-0.1, -0.05) is 12.8 Å². The topological polar surface area (TPSA) is 75.3 Å². The van der Waals surface area contributed by atoms with Gasteiger partial charge >= 0.3 is 0 Å². The summed E-state index contributed by atoms with van der Waals surface area (Å²) in [6, 6.07) is 0. The molecule has 4 nitrogen and oxygen atoms in total. The van der Waals surface area contributed by atoms with Gasteiger partial charge in [-0.25, -0.2) is 0 Å². The third kappa shape index (κ3) is 3.47. The van der Waals surface area contributed by atoms with Crippen molar-refractivity contribution >= 4 is 5.91 Å². The minimum absolute atomic E-state index is 0.312. The van der Waals surface area contributed by atoms with E-state index in [1.807, 2.05) is 0 Å². The highest BCUT2D eigenvalue weighted by molar-refractivity contribution is 5.80. The van der Waals surface area contributed by atoms with Gasteiger partial charge in [-0.15, -0.1) is 0 Å². The number of carbonyl (C=O) groups excluding carboxylic acids is 1. The Bertz CT molecular complexity index is 233. The fourth-order valence-corrected chi connectivity index (χ4v) is 1.90. The Morgan fingerprint density at radius 1 is 1.47 bits per heavy atom. The van der Waals surface area contributed by atoms with Crippen LogP contribution >= 0.6 is 0 Å². The molecule has 1 rings (SSSR count). The summed E-state index contributed by atoms with van der Waals surface area (Å²) >= 11 is 0. The van der Waals surface area contributed by atoms with Gasteiger partial charge < -0.3 is 16.2 Å². The molecule has 0 saturated heterocycles. The van der Waals surface area contributed by atoms with E-state index >= 15 is 0 Å². The van der Waals surface area contributed by atoms with E-state index in [0.29, 0.717) is 13.1 Å². The van der Waals surface area contributed by atoms with Gasteiger partial charge in [0.2, 0.25) is 5.91 Å². The minimum Gasteiger partial charge on any atom is -0.389 e. The lowest BCUT2D eigenvalue weighted by Crippen LogP contribution is -2.45. The van der Waals surface area contributed by atoms with E-state index in [9.17, 15) is 9.90 Å². The average molecular weight is 214 g/mol. The van der Waals surface area contributed by atoms with Crippen LogP contribution in [0.15, 0.2) is 0 Å². The Kier molecular flexibility index (Phi) is 3.73.